The first kappa shape index (κ1) is 12.6. The molecule has 1 N–H and O–H groups in total. The lowest BCUT2D eigenvalue weighted by Gasteiger charge is -2.14. The number of nitrogens with zero attached hydrogens (tertiary/aromatic N) is 2. The van der Waals surface area contributed by atoms with Crippen molar-refractivity contribution in [2.75, 3.05) is 27.2 Å². The lowest BCUT2D eigenvalue weighted by Crippen LogP contribution is -2.32. The number of hydrogen-bond acceptors (Lipinski definition) is 4. The molecule has 0 radical (unpaired) electrons. The number of fused-ring (bicyclic) bond motifs is 1. The second-order valence-electron chi connectivity index (χ2n) is 4.28. The number of aryl methyl sites for hydroxylation is 1. The van der Waals surface area contributed by atoms with E-state index in [1.54, 1.807) is 18.0 Å². The van der Waals surface area contributed by atoms with Crippen molar-refractivity contribution >= 4 is 17.0 Å². The Morgan fingerprint density at radius 2 is 2.28 bits per heavy atom. The lowest BCUT2D eigenvalue weighted by molar-refractivity contribution is 0.0768. The number of rotatable bonds is 4. The van der Waals surface area contributed by atoms with Gasteiger partial charge in [0.05, 0.1) is 0 Å². The van der Waals surface area contributed by atoms with Crippen LogP contribution in [-0.2, 0) is 0 Å². The van der Waals surface area contributed by atoms with Gasteiger partial charge in [-0.2, -0.15) is 0 Å². The molecule has 0 atom stereocenters. The summed E-state index contributed by atoms with van der Waals surface area (Å²) < 4.78 is 5.51. The van der Waals surface area contributed by atoms with E-state index >= 15 is 0 Å². The van der Waals surface area contributed by atoms with Crippen LogP contribution in [0.2, 0.25) is 0 Å². The standard InChI is InChI=1S/C13H17N3O2/c1-9-4-5-11-10(15-9)8-12(18-11)13(17)16(3)7-6-14-2/h4-5,8,14H,6-7H2,1-3H3. The van der Waals surface area contributed by atoms with E-state index in [9.17, 15) is 4.79 Å². The number of amides is 1. The van der Waals surface area contributed by atoms with Gasteiger partial charge in [0, 0.05) is 31.9 Å². The highest BCUT2D eigenvalue weighted by Crippen LogP contribution is 2.18. The monoisotopic (exact) mass is 247 g/mol. The number of pyridine rings is 1. The molecule has 0 aliphatic heterocycles. The van der Waals surface area contributed by atoms with Crippen molar-refractivity contribution in [3.8, 4) is 0 Å². The molecule has 2 aromatic heterocycles. The van der Waals surface area contributed by atoms with Gasteiger partial charge in [0.25, 0.3) is 5.91 Å². The summed E-state index contributed by atoms with van der Waals surface area (Å²) in [6.07, 6.45) is 0. The van der Waals surface area contributed by atoms with Gasteiger partial charge in [-0.1, -0.05) is 0 Å². The number of carbonyl (C=O) groups excluding carboxylic acids is 1. The zero-order valence-electron chi connectivity index (χ0n) is 10.9. The highest BCUT2D eigenvalue weighted by Gasteiger charge is 2.16. The fourth-order valence-electron chi connectivity index (χ4n) is 1.70. The zero-order valence-corrected chi connectivity index (χ0v) is 10.9. The van der Waals surface area contributed by atoms with Crippen molar-refractivity contribution in [1.82, 2.24) is 15.2 Å². The first-order valence-corrected chi connectivity index (χ1v) is 5.89. The minimum atomic E-state index is -0.124. The van der Waals surface area contributed by atoms with Crippen LogP contribution < -0.4 is 5.32 Å². The van der Waals surface area contributed by atoms with E-state index in [4.69, 9.17) is 4.42 Å². The lowest BCUT2D eigenvalue weighted by atomic mass is 10.3. The third-order valence-corrected chi connectivity index (χ3v) is 2.77. The molecule has 0 aromatic carbocycles. The summed E-state index contributed by atoms with van der Waals surface area (Å²) in [7, 11) is 3.61. The molecule has 5 nitrogen and oxygen atoms in total. The van der Waals surface area contributed by atoms with Crippen LogP contribution in [0, 0.1) is 6.92 Å². The van der Waals surface area contributed by atoms with Crippen LogP contribution in [0.1, 0.15) is 16.2 Å². The van der Waals surface area contributed by atoms with Gasteiger partial charge in [0.15, 0.2) is 11.3 Å². The largest absolute Gasteiger partial charge is 0.449 e. The van der Waals surface area contributed by atoms with Crippen LogP contribution in [0.25, 0.3) is 11.1 Å². The van der Waals surface area contributed by atoms with Crippen molar-refractivity contribution in [3.05, 3.63) is 29.7 Å². The quantitative estimate of drug-likeness (QED) is 0.888. The van der Waals surface area contributed by atoms with E-state index in [-0.39, 0.29) is 5.91 Å². The summed E-state index contributed by atoms with van der Waals surface area (Å²) in [5, 5.41) is 3.00. The number of furan rings is 1. The van der Waals surface area contributed by atoms with Crippen molar-refractivity contribution in [1.29, 1.82) is 0 Å². The topological polar surface area (TPSA) is 58.4 Å². The molecule has 0 unspecified atom stereocenters. The van der Waals surface area contributed by atoms with Crippen LogP contribution in [0.3, 0.4) is 0 Å². The van der Waals surface area contributed by atoms with Gasteiger partial charge in [-0.15, -0.1) is 0 Å². The summed E-state index contributed by atoms with van der Waals surface area (Å²) in [4.78, 5) is 18.0. The van der Waals surface area contributed by atoms with Gasteiger partial charge in [-0.3, -0.25) is 4.79 Å². The number of aromatic nitrogens is 1. The van der Waals surface area contributed by atoms with Crippen molar-refractivity contribution in [3.63, 3.8) is 0 Å². The normalized spacial score (nSPS) is 10.8. The molecule has 0 aliphatic rings. The molecular weight excluding hydrogens is 230 g/mol. The summed E-state index contributed by atoms with van der Waals surface area (Å²) in [6.45, 7) is 3.30. The highest BCUT2D eigenvalue weighted by atomic mass is 16.3. The average molecular weight is 247 g/mol. The predicted molar refractivity (Wildman–Crippen MR) is 69.6 cm³/mol. The first-order valence-electron chi connectivity index (χ1n) is 5.89. The Hall–Kier alpha value is -1.88. The molecule has 0 spiro atoms. The number of carbonyl (C=O) groups is 1. The molecule has 0 aliphatic carbocycles. The Kier molecular flexibility index (Phi) is 3.62. The van der Waals surface area contributed by atoms with E-state index in [2.05, 4.69) is 10.3 Å². The van der Waals surface area contributed by atoms with Crippen LogP contribution in [0.15, 0.2) is 22.6 Å². The molecule has 18 heavy (non-hydrogen) atoms. The minimum Gasteiger partial charge on any atom is -0.449 e. The van der Waals surface area contributed by atoms with E-state index in [1.165, 1.54) is 0 Å². The second kappa shape index (κ2) is 5.18. The summed E-state index contributed by atoms with van der Waals surface area (Å²) in [6, 6.07) is 5.40. The molecule has 2 rings (SSSR count). The molecule has 5 heteroatoms. The molecular formula is C13H17N3O2. The van der Waals surface area contributed by atoms with Gasteiger partial charge in [-0.05, 0) is 26.1 Å². The Labute approximate surface area is 106 Å². The maximum atomic E-state index is 12.1. The fraction of sp³-hybridized carbons (Fsp3) is 0.385. The number of likely N-dealkylation sites (N-methyl/N-ethyl adjacent to an activating group) is 2. The first-order chi connectivity index (χ1) is 8.61. The van der Waals surface area contributed by atoms with Crippen molar-refractivity contribution < 1.29 is 9.21 Å². The third-order valence-electron chi connectivity index (χ3n) is 2.77. The third kappa shape index (κ3) is 2.51. The zero-order chi connectivity index (χ0) is 13.1. The van der Waals surface area contributed by atoms with E-state index in [0.29, 0.717) is 17.9 Å². The maximum Gasteiger partial charge on any atom is 0.289 e. The molecule has 1 amide bonds. The molecule has 0 saturated heterocycles. The van der Waals surface area contributed by atoms with Gasteiger partial charge in [0.2, 0.25) is 0 Å². The van der Waals surface area contributed by atoms with Crippen molar-refractivity contribution in [2.24, 2.45) is 0 Å². The van der Waals surface area contributed by atoms with Crippen molar-refractivity contribution in [2.45, 2.75) is 6.92 Å². The average Bonchev–Trinajstić information content (AvgIpc) is 2.77. The molecule has 2 aromatic rings. The van der Waals surface area contributed by atoms with Gasteiger partial charge < -0.3 is 14.6 Å². The van der Waals surface area contributed by atoms with Gasteiger partial charge in [0.1, 0.15) is 5.52 Å². The summed E-state index contributed by atoms with van der Waals surface area (Å²) >= 11 is 0. The minimum absolute atomic E-state index is 0.124. The molecule has 0 saturated carbocycles. The number of nitrogens with one attached hydrogen (secondary N) is 1. The van der Waals surface area contributed by atoms with Crippen LogP contribution >= 0.6 is 0 Å². The predicted octanol–water partition coefficient (Wildman–Crippen LogP) is 1.43. The fourth-order valence-corrected chi connectivity index (χ4v) is 1.70. The summed E-state index contributed by atoms with van der Waals surface area (Å²) in [5.41, 5.74) is 2.28. The van der Waals surface area contributed by atoms with Crippen LogP contribution in [0.5, 0.6) is 0 Å². The highest BCUT2D eigenvalue weighted by molar-refractivity contribution is 5.95. The Balaban J connectivity index is 2.22. The Morgan fingerprint density at radius 1 is 1.50 bits per heavy atom. The van der Waals surface area contributed by atoms with Crippen LogP contribution in [-0.4, -0.2) is 43.0 Å². The van der Waals surface area contributed by atoms with Gasteiger partial charge in [-0.25, -0.2) is 4.98 Å². The van der Waals surface area contributed by atoms with E-state index in [1.807, 2.05) is 26.1 Å². The molecule has 0 fully saturated rings. The Morgan fingerprint density at radius 3 is 3.00 bits per heavy atom. The van der Waals surface area contributed by atoms with E-state index < -0.39 is 0 Å². The second-order valence-corrected chi connectivity index (χ2v) is 4.28. The van der Waals surface area contributed by atoms with Crippen LogP contribution in [0.4, 0.5) is 0 Å². The Bertz CT molecular complexity index is 562. The SMILES string of the molecule is CNCCN(C)C(=O)c1cc2nc(C)ccc2o1. The molecule has 96 valence electrons. The maximum absolute atomic E-state index is 12.1. The van der Waals surface area contributed by atoms with E-state index in [0.717, 1.165) is 17.8 Å². The number of hydrogen-bond donors (Lipinski definition) is 1. The smallest absolute Gasteiger partial charge is 0.289 e. The molecule has 0 bridgehead atoms. The van der Waals surface area contributed by atoms with Gasteiger partial charge >= 0.3 is 0 Å². The molecule has 2 heterocycles. The summed E-state index contributed by atoms with van der Waals surface area (Å²) in [5.74, 6) is 0.211.